The molecule has 0 N–H and O–H groups in total. The van der Waals surface area contributed by atoms with E-state index in [-0.39, 0.29) is 12.0 Å². The summed E-state index contributed by atoms with van der Waals surface area (Å²) in [6.07, 6.45) is 2.61. The van der Waals surface area contributed by atoms with Gasteiger partial charge < -0.3 is 4.74 Å². The second-order valence-electron chi connectivity index (χ2n) is 3.75. The van der Waals surface area contributed by atoms with Crippen LogP contribution in [0.3, 0.4) is 0 Å². The minimum atomic E-state index is -0.214. The first-order valence-electron chi connectivity index (χ1n) is 5.33. The molecule has 0 saturated heterocycles. The number of aromatic nitrogens is 1. The summed E-state index contributed by atoms with van der Waals surface area (Å²) in [5.41, 5.74) is 1.03. The molecule has 0 bridgehead atoms. The first kappa shape index (κ1) is 12.6. The van der Waals surface area contributed by atoms with Crippen molar-refractivity contribution in [2.24, 2.45) is 0 Å². The Labute approximate surface area is 96.2 Å². The Morgan fingerprint density at radius 1 is 1.56 bits per heavy atom. The van der Waals surface area contributed by atoms with Crippen molar-refractivity contribution in [3.8, 4) is 0 Å². The van der Waals surface area contributed by atoms with E-state index in [1.54, 1.807) is 6.20 Å². The maximum absolute atomic E-state index is 11.3. The SMILES string of the molecule is COC(=O)C(C)N(C)CCc1ccccn1. The molecule has 4 nitrogen and oxygen atoms in total. The highest BCUT2D eigenvalue weighted by Gasteiger charge is 2.17. The number of likely N-dealkylation sites (N-methyl/N-ethyl adjacent to an activating group) is 1. The van der Waals surface area contributed by atoms with Gasteiger partial charge in [0.2, 0.25) is 0 Å². The van der Waals surface area contributed by atoms with Crippen LogP contribution in [0, 0.1) is 0 Å². The van der Waals surface area contributed by atoms with Gasteiger partial charge in [0.05, 0.1) is 7.11 Å². The van der Waals surface area contributed by atoms with Crippen molar-refractivity contribution in [2.75, 3.05) is 20.7 Å². The summed E-state index contributed by atoms with van der Waals surface area (Å²) >= 11 is 0. The summed E-state index contributed by atoms with van der Waals surface area (Å²) in [5, 5.41) is 0. The Morgan fingerprint density at radius 3 is 2.88 bits per heavy atom. The zero-order chi connectivity index (χ0) is 12.0. The van der Waals surface area contributed by atoms with E-state index >= 15 is 0 Å². The van der Waals surface area contributed by atoms with Crippen molar-refractivity contribution < 1.29 is 9.53 Å². The number of ether oxygens (including phenoxy) is 1. The maximum Gasteiger partial charge on any atom is 0.322 e. The molecule has 0 saturated carbocycles. The molecule has 0 aromatic carbocycles. The smallest absolute Gasteiger partial charge is 0.322 e. The lowest BCUT2D eigenvalue weighted by atomic mass is 10.2. The van der Waals surface area contributed by atoms with E-state index in [9.17, 15) is 4.79 Å². The average molecular weight is 222 g/mol. The zero-order valence-electron chi connectivity index (χ0n) is 10.0. The third-order valence-corrected chi connectivity index (χ3v) is 2.65. The Kier molecular flexibility index (Phi) is 4.92. The molecular formula is C12H18N2O2. The molecule has 1 aromatic heterocycles. The number of esters is 1. The summed E-state index contributed by atoms with van der Waals surface area (Å²) in [6, 6.07) is 5.63. The minimum absolute atomic E-state index is 0.205. The fourth-order valence-corrected chi connectivity index (χ4v) is 1.38. The molecule has 0 fully saturated rings. The number of hydrogen-bond acceptors (Lipinski definition) is 4. The number of carbonyl (C=O) groups excluding carboxylic acids is 1. The van der Waals surface area contributed by atoms with Gasteiger partial charge in [0.15, 0.2) is 0 Å². The fraction of sp³-hybridized carbons (Fsp3) is 0.500. The first-order valence-corrected chi connectivity index (χ1v) is 5.33. The predicted molar refractivity (Wildman–Crippen MR) is 62.0 cm³/mol. The van der Waals surface area contributed by atoms with Crippen molar-refractivity contribution in [3.63, 3.8) is 0 Å². The number of carbonyl (C=O) groups is 1. The highest BCUT2D eigenvalue weighted by molar-refractivity contribution is 5.75. The van der Waals surface area contributed by atoms with Crippen LogP contribution in [0.5, 0.6) is 0 Å². The largest absolute Gasteiger partial charge is 0.468 e. The molecule has 0 aliphatic heterocycles. The van der Waals surface area contributed by atoms with Gasteiger partial charge in [-0.15, -0.1) is 0 Å². The monoisotopic (exact) mass is 222 g/mol. The molecule has 0 spiro atoms. The van der Waals surface area contributed by atoms with Crippen LogP contribution in [0.1, 0.15) is 12.6 Å². The van der Waals surface area contributed by atoms with Crippen molar-refractivity contribution in [1.82, 2.24) is 9.88 Å². The molecule has 4 heteroatoms. The maximum atomic E-state index is 11.3. The predicted octanol–water partition coefficient (Wildman–Crippen LogP) is 1.12. The lowest BCUT2D eigenvalue weighted by Gasteiger charge is -2.21. The average Bonchev–Trinajstić information content (AvgIpc) is 2.35. The van der Waals surface area contributed by atoms with Crippen LogP contribution in [-0.2, 0) is 16.0 Å². The molecule has 1 atom stereocenters. The van der Waals surface area contributed by atoms with Crippen molar-refractivity contribution in [2.45, 2.75) is 19.4 Å². The van der Waals surface area contributed by atoms with Crippen LogP contribution < -0.4 is 0 Å². The van der Waals surface area contributed by atoms with Crippen molar-refractivity contribution in [1.29, 1.82) is 0 Å². The van der Waals surface area contributed by atoms with Gasteiger partial charge in [0.1, 0.15) is 6.04 Å². The number of nitrogens with zero attached hydrogens (tertiary/aromatic N) is 2. The lowest BCUT2D eigenvalue weighted by Crippen LogP contribution is -2.38. The van der Waals surface area contributed by atoms with Crippen LogP contribution >= 0.6 is 0 Å². The van der Waals surface area contributed by atoms with Crippen molar-refractivity contribution in [3.05, 3.63) is 30.1 Å². The lowest BCUT2D eigenvalue weighted by molar-refractivity contribution is -0.145. The van der Waals surface area contributed by atoms with Gasteiger partial charge in [-0.25, -0.2) is 0 Å². The molecule has 0 aliphatic rings. The van der Waals surface area contributed by atoms with Crippen molar-refractivity contribution >= 4 is 5.97 Å². The highest BCUT2D eigenvalue weighted by Crippen LogP contribution is 2.01. The fourth-order valence-electron chi connectivity index (χ4n) is 1.38. The van der Waals surface area contributed by atoms with Gasteiger partial charge >= 0.3 is 5.97 Å². The van der Waals surface area contributed by atoms with Crippen LogP contribution in [0.25, 0.3) is 0 Å². The number of rotatable bonds is 5. The minimum Gasteiger partial charge on any atom is -0.468 e. The van der Waals surface area contributed by atoms with E-state index in [4.69, 9.17) is 0 Å². The van der Waals surface area contributed by atoms with E-state index < -0.39 is 0 Å². The highest BCUT2D eigenvalue weighted by atomic mass is 16.5. The van der Waals surface area contributed by atoms with Crippen LogP contribution in [0.15, 0.2) is 24.4 Å². The van der Waals surface area contributed by atoms with E-state index in [0.717, 1.165) is 18.7 Å². The van der Waals surface area contributed by atoms with E-state index in [1.807, 2.05) is 37.1 Å². The Morgan fingerprint density at radius 2 is 2.31 bits per heavy atom. The normalized spacial score (nSPS) is 12.5. The first-order chi connectivity index (χ1) is 7.65. The quantitative estimate of drug-likeness (QED) is 0.700. The molecule has 1 aromatic rings. The molecular weight excluding hydrogens is 204 g/mol. The third-order valence-electron chi connectivity index (χ3n) is 2.65. The van der Waals surface area contributed by atoms with Gasteiger partial charge in [-0.1, -0.05) is 6.07 Å². The van der Waals surface area contributed by atoms with Gasteiger partial charge in [0.25, 0.3) is 0 Å². The topological polar surface area (TPSA) is 42.4 Å². The van der Waals surface area contributed by atoms with Gasteiger partial charge in [-0.05, 0) is 26.1 Å². The Hall–Kier alpha value is -1.42. The third kappa shape index (κ3) is 3.62. The molecule has 16 heavy (non-hydrogen) atoms. The van der Waals surface area contributed by atoms with Crippen LogP contribution in [0.2, 0.25) is 0 Å². The second-order valence-corrected chi connectivity index (χ2v) is 3.75. The van der Waals surface area contributed by atoms with Gasteiger partial charge in [0, 0.05) is 24.9 Å². The van der Waals surface area contributed by atoms with Gasteiger partial charge in [-0.2, -0.15) is 0 Å². The Balaban J connectivity index is 2.41. The van der Waals surface area contributed by atoms with Gasteiger partial charge in [-0.3, -0.25) is 14.7 Å². The van der Waals surface area contributed by atoms with Crippen LogP contribution in [-0.4, -0.2) is 42.6 Å². The molecule has 1 rings (SSSR count). The van der Waals surface area contributed by atoms with E-state index in [2.05, 4.69) is 9.72 Å². The summed E-state index contributed by atoms with van der Waals surface area (Å²) in [7, 11) is 3.32. The molecule has 1 unspecified atom stereocenters. The molecule has 0 aliphatic carbocycles. The number of pyridine rings is 1. The summed E-state index contributed by atoms with van der Waals surface area (Å²) < 4.78 is 4.69. The summed E-state index contributed by atoms with van der Waals surface area (Å²) in [4.78, 5) is 17.5. The standard InChI is InChI=1S/C12H18N2O2/c1-10(12(15)16-3)14(2)9-7-11-6-4-5-8-13-11/h4-6,8,10H,7,9H2,1-3H3. The second kappa shape index (κ2) is 6.23. The van der Waals surface area contributed by atoms with E-state index in [0.29, 0.717) is 0 Å². The number of hydrogen-bond donors (Lipinski definition) is 0. The molecule has 88 valence electrons. The number of methoxy groups -OCH3 is 1. The molecule has 0 amide bonds. The van der Waals surface area contributed by atoms with Crippen LogP contribution in [0.4, 0.5) is 0 Å². The summed E-state index contributed by atoms with van der Waals surface area (Å²) in [6.45, 7) is 2.62. The molecule has 1 heterocycles. The Bertz CT molecular complexity index is 327. The zero-order valence-corrected chi connectivity index (χ0v) is 10.0. The summed E-state index contributed by atoms with van der Waals surface area (Å²) in [5.74, 6) is -0.205. The molecule has 0 radical (unpaired) electrons. The van der Waals surface area contributed by atoms with E-state index in [1.165, 1.54) is 7.11 Å².